The van der Waals surface area contributed by atoms with E-state index in [1.807, 2.05) is 59.3 Å². The first-order valence-corrected chi connectivity index (χ1v) is 12.3. The summed E-state index contributed by atoms with van der Waals surface area (Å²) < 4.78 is 7.15. The van der Waals surface area contributed by atoms with Gasteiger partial charge in [0.15, 0.2) is 0 Å². The minimum absolute atomic E-state index is 0.337. The lowest BCUT2D eigenvalue weighted by Crippen LogP contribution is -2.23. The van der Waals surface area contributed by atoms with Gasteiger partial charge in [0.1, 0.15) is 5.01 Å². The van der Waals surface area contributed by atoms with E-state index in [-0.39, 0.29) is 0 Å². The Morgan fingerprint density at radius 3 is 2.58 bits per heavy atom. The summed E-state index contributed by atoms with van der Waals surface area (Å²) in [6.07, 6.45) is 3.24. The fourth-order valence-electron chi connectivity index (χ4n) is 4.14. The second-order valence-corrected chi connectivity index (χ2v) is 9.44. The molecule has 3 aromatic heterocycles. The Morgan fingerprint density at radius 2 is 1.86 bits per heavy atom. The molecule has 1 amide bonds. The van der Waals surface area contributed by atoms with Crippen LogP contribution < -0.4 is 10.1 Å². The van der Waals surface area contributed by atoms with E-state index in [2.05, 4.69) is 15.3 Å². The molecule has 5 rings (SSSR count). The van der Waals surface area contributed by atoms with Crippen LogP contribution in [0.3, 0.4) is 0 Å². The van der Waals surface area contributed by atoms with E-state index in [9.17, 15) is 9.59 Å². The average Bonchev–Trinajstić information content (AvgIpc) is 3.52. The first-order valence-electron chi connectivity index (χ1n) is 11.1. The summed E-state index contributed by atoms with van der Waals surface area (Å²) >= 11 is 7.57. The number of benzene rings is 2. The molecule has 0 fully saturated rings. The number of hydrogen-bond acceptors (Lipinski definition) is 6. The number of ether oxygens (including phenoxy) is 1. The fourth-order valence-corrected chi connectivity index (χ4v) is 4.91. The maximum atomic E-state index is 13.5. The number of fused-ring (bicyclic) bond motifs is 1. The van der Waals surface area contributed by atoms with Gasteiger partial charge in [-0.15, -0.1) is 11.3 Å². The molecule has 7 nitrogen and oxygen atoms in total. The van der Waals surface area contributed by atoms with Gasteiger partial charge in [0.25, 0.3) is 11.7 Å². The largest absolute Gasteiger partial charge is 0.481 e. The molecular weight excluding hydrogens is 496 g/mol. The van der Waals surface area contributed by atoms with Crippen molar-refractivity contribution < 1.29 is 14.3 Å². The topological polar surface area (TPSA) is 86.1 Å². The molecule has 0 aliphatic heterocycles. The van der Waals surface area contributed by atoms with Crippen molar-refractivity contribution in [3.05, 3.63) is 94.2 Å². The van der Waals surface area contributed by atoms with Crippen LogP contribution in [0, 0.1) is 6.92 Å². The third-order valence-electron chi connectivity index (χ3n) is 5.89. The number of thiazole rings is 1. The van der Waals surface area contributed by atoms with Crippen LogP contribution in [-0.2, 0) is 11.3 Å². The Balaban J connectivity index is 1.58. The summed E-state index contributed by atoms with van der Waals surface area (Å²) in [5, 5.41) is 6.76. The highest BCUT2D eigenvalue weighted by atomic mass is 35.5. The Kier molecular flexibility index (Phi) is 6.54. The van der Waals surface area contributed by atoms with Crippen molar-refractivity contribution in [1.29, 1.82) is 0 Å². The minimum Gasteiger partial charge on any atom is -0.481 e. The van der Waals surface area contributed by atoms with Crippen LogP contribution in [0.2, 0.25) is 5.02 Å². The van der Waals surface area contributed by atoms with Crippen molar-refractivity contribution in [2.75, 3.05) is 12.4 Å². The first-order chi connectivity index (χ1) is 17.4. The highest BCUT2D eigenvalue weighted by Gasteiger charge is 2.26. The maximum absolute atomic E-state index is 13.5. The van der Waals surface area contributed by atoms with Gasteiger partial charge in [0, 0.05) is 63.3 Å². The zero-order chi connectivity index (χ0) is 25.2. The van der Waals surface area contributed by atoms with Crippen molar-refractivity contribution >= 4 is 51.2 Å². The van der Waals surface area contributed by atoms with Gasteiger partial charge in [-0.1, -0.05) is 23.7 Å². The van der Waals surface area contributed by atoms with Crippen LogP contribution in [0.25, 0.3) is 21.5 Å². The van der Waals surface area contributed by atoms with E-state index in [1.54, 1.807) is 18.3 Å². The van der Waals surface area contributed by atoms with Crippen molar-refractivity contribution in [1.82, 2.24) is 14.5 Å². The van der Waals surface area contributed by atoms with E-state index in [0.717, 1.165) is 21.7 Å². The molecule has 0 spiro atoms. The summed E-state index contributed by atoms with van der Waals surface area (Å²) in [6, 6.07) is 16.6. The molecule has 36 heavy (non-hydrogen) atoms. The number of methoxy groups -OCH3 is 1. The standard InChI is InChI=1S/C27H21ClN4O3S/c1-16-24(25(33)26(34)31-20-9-10-29-23(14-20)35-2)21-13-18(27-30-11-12-36-27)5-8-22(21)32(16)15-17-3-6-19(28)7-4-17/h3-14H,15H2,1-2H3,(H,29,31,34). The van der Waals surface area contributed by atoms with Crippen molar-refractivity contribution in [2.45, 2.75) is 13.5 Å². The molecule has 0 bridgehead atoms. The Labute approximate surface area is 216 Å². The summed E-state index contributed by atoms with van der Waals surface area (Å²) in [6.45, 7) is 2.38. The van der Waals surface area contributed by atoms with Gasteiger partial charge in [0.05, 0.1) is 12.7 Å². The Bertz CT molecular complexity index is 1580. The van der Waals surface area contributed by atoms with E-state index in [4.69, 9.17) is 16.3 Å². The van der Waals surface area contributed by atoms with Crippen LogP contribution in [0.1, 0.15) is 21.6 Å². The molecule has 0 unspecified atom stereocenters. The lowest BCUT2D eigenvalue weighted by Gasteiger charge is -2.10. The normalized spacial score (nSPS) is 11.0. The number of nitrogens with zero attached hydrogens (tertiary/aromatic N) is 3. The van der Waals surface area contributed by atoms with Gasteiger partial charge < -0.3 is 14.6 Å². The number of amides is 1. The van der Waals surface area contributed by atoms with Gasteiger partial charge in [-0.3, -0.25) is 9.59 Å². The van der Waals surface area contributed by atoms with Gasteiger partial charge in [-0.05, 0) is 48.9 Å². The number of carbonyl (C=O) groups excluding carboxylic acids is 2. The SMILES string of the molecule is COc1cc(NC(=O)C(=O)c2c(C)n(Cc3ccc(Cl)cc3)c3ccc(-c4nccs4)cc23)ccn1. The molecule has 0 saturated heterocycles. The van der Waals surface area contributed by atoms with Gasteiger partial charge in [-0.25, -0.2) is 9.97 Å². The van der Waals surface area contributed by atoms with Gasteiger partial charge >= 0.3 is 0 Å². The average molecular weight is 517 g/mol. The predicted molar refractivity (Wildman–Crippen MR) is 142 cm³/mol. The van der Waals surface area contributed by atoms with Gasteiger partial charge in [0.2, 0.25) is 5.88 Å². The Hall–Kier alpha value is -4.01. The highest BCUT2D eigenvalue weighted by molar-refractivity contribution is 7.13. The number of rotatable bonds is 7. The smallest absolute Gasteiger partial charge is 0.296 e. The summed E-state index contributed by atoms with van der Waals surface area (Å²) in [7, 11) is 1.48. The quantitative estimate of drug-likeness (QED) is 0.212. The monoisotopic (exact) mass is 516 g/mol. The summed E-state index contributed by atoms with van der Waals surface area (Å²) in [5.41, 5.74) is 4.24. The third-order valence-corrected chi connectivity index (χ3v) is 6.97. The second-order valence-electron chi connectivity index (χ2n) is 8.11. The molecular formula is C27H21ClN4O3S. The van der Waals surface area contributed by atoms with Crippen molar-refractivity contribution in [3.63, 3.8) is 0 Å². The molecule has 9 heteroatoms. The van der Waals surface area contributed by atoms with Crippen LogP contribution >= 0.6 is 22.9 Å². The molecule has 5 aromatic rings. The summed E-state index contributed by atoms with van der Waals surface area (Å²) in [4.78, 5) is 35.0. The minimum atomic E-state index is -0.739. The summed E-state index contributed by atoms with van der Waals surface area (Å²) in [5.74, 6) is -1.03. The number of pyridine rings is 1. The number of anilines is 1. The van der Waals surface area contributed by atoms with E-state index in [0.29, 0.717) is 39.8 Å². The molecule has 180 valence electrons. The fraction of sp³-hybridized carbons (Fsp3) is 0.111. The second kappa shape index (κ2) is 9.93. The van der Waals surface area contributed by atoms with Crippen LogP contribution in [0.15, 0.2) is 72.4 Å². The third kappa shape index (κ3) is 4.60. The predicted octanol–water partition coefficient (Wildman–Crippen LogP) is 6.00. The number of nitrogens with one attached hydrogen (secondary N) is 1. The highest BCUT2D eigenvalue weighted by Crippen LogP contribution is 2.33. The van der Waals surface area contributed by atoms with Crippen molar-refractivity contribution in [2.24, 2.45) is 0 Å². The van der Waals surface area contributed by atoms with E-state index < -0.39 is 11.7 Å². The van der Waals surface area contributed by atoms with Crippen LogP contribution in [0.5, 0.6) is 5.88 Å². The van der Waals surface area contributed by atoms with E-state index >= 15 is 0 Å². The molecule has 0 atom stereocenters. The molecule has 0 saturated carbocycles. The molecule has 0 radical (unpaired) electrons. The molecule has 0 aliphatic rings. The first kappa shape index (κ1) is 23.7. The number of Topliss-reactive ketones (excluding diaryl/α,β-unsaturated/α-hetero) is 1. The molecule has 1 N–H and O–H groups in total. The van der Waals surface area contributed by atoms with Gasteiger partial charge in [-0.2, -0.15) is 0 Å². The maximum Gasteiger partial charge on any atom is 0.296 e. The zero-order valence-electron chi connectivity index (χ0n) is 19.5. The van der Waals surface area contributed by atoms with Crippen LogP contribution in [0.4, 0.5) is 5.69 Å². The zero-order valence-corrected chi connectivity index (χ0v) is 21.1. The number of hydrogen-bond donors (Lipinski definition) is 1. The Morgan fingerprint density at radius 1 is 1.06 bits per heavy atom. The number of halogens is 1. The molecule has 2 aromatic carbocycles. The van der Waals surface area contributed by atoms with E-state index in [1.165, 1.54) is 24.6 Å². The number of carbonyl (C=O) groups is 2. The molecule has 0 aliphatic carbocycles. The lowest BCUT2D eigenvalue weighted by atomic mass is 10.0. The number of aromatic nitrogens is 3. The lowest BCUT2D eigenvalue weighted by molar-refractivity contribution is -0.112. The molecule has 3 heterocycles. The van der Waals surface area contributed by atoms with Crippen LogP contribution in [-0.4, -0.2) is 33.3 Å². The number of ketones is 1. The van der Waals surface area contributed by atoms with Crippen molar-refractivity contribution in [3.8, 4) is 16.5 Å².